The van der Waals surface area contributed by atoms with E-state index in [1.807, 2.05) is 30.3 Å². The molecule has 2 atom stereocenters. The molecule has 0 radical (unpaired) electrons. The Morgan fingerprint density at radius 3 is 2.59 bits per heavy atom. The van der Waals surface area contributed by atoms with E-state index >= 15 is 0 Å². The molecule has 0 saturated heterocycles. The molecule has 2 rings (SSSR count). The van der Waals surface area contributed by atoms with E-state index in [1.54, 1.807) is 13.2 Å². The Labute approximate surface area is 159 Å². The number of methoxy groups -OCH3 is 1. The molecule has 0 aliphatic rings. The second-order valence-corrected chi connectivity index (χ2v) is 7.61. The maximum atomic E-state index is 11.8. The molecule has 9 heteroatoms. The fourth-order valence-corrected chi connectivity index (χ4v) is 3.73. The molecule has 2 aromatic carbocycles. The lowest BCUT2D eigenvalue weighted by molar-refractivity contribution is -0.756. The van der Waals surface area contributed by atoms with Crippen LogP contribution in [-0.2, 0) is 20.8 Å². The van der Waals surface area contributed by atoms with Crippen LogP contribution in [0, 0.1) is 10.1 Å². The van der Waals surface area contributed by atoms with Crippen molar-refractivity contribution in [1.82, 2.24) is 0 Å². The van der Waals surface area contributed by atoms with E-state index in [-0.39, 0.29) is 18.1 Å². The van der Waals surface area contributed by atoms with Gasteiger partial charge in [-0.1, -0.05) is 35.4 Å². The van der Waals surface area contributed by atoms with E-state index in [1.165, 1.54) is 0 Å². The van der Waals surface area contributed by atoms with Crippen molar-refractivity contribution in [3.05, 3.63) is 52.1 Å². The summed E-state index contributed by atoms with van der Waals surface area (Å²) in [5, 5.41) is 20.6. The Morgan fingerprint density at radius 1 is 1.22 bits per heavy atom. The van der Waals surface area contributed by atoms with Crippen molar-refractivity contribution < 1.29 is 29.1 Å². The van der Waals surface area contributed by atoms with Crippen LogP contribution in [0.15, 0.2) is 36.4 Å². The average Bonchev–Trinajstić information content (AvgIpc) is 2.63. The van der Waals surface area contributed by atoms with Gasteiger partial charge in [-0.25, -0.2) is 0 Å². The highest BCUT2D eigenvalue weighted by atomic mass is 32.2. The average molecular weight is 395 g/mol. The molecule has 0 aromatic heterocycles. The van der Waals surface area contributed by atoms with E-state index < -0.39 is 28.1 Å². The van der Waals surface area contributed by atoms with Gasteiger partial charge >= 0.3 is 5.97 Å². The van der Waals surface area contributed by atoms with Gasteiger partial charge in [0.2, 0.25) is 0 Å². The van der Waals surface area contributed by atoms with E-state index in [4.69, 9.17) is 4.74 Å². The molecule has 0 aliphatic carbocycles. The van der Waals surface area contributed by atoms with Gasteiger partial charge in [-0.05, 0) is 41.3 Å². The summed E-state index contributed by atoms with van der Waals surface area (Å²) in [6.45, 7) is -0.226. The van der Waals surface area contributed by atoms with Crippen molar-refractivity contribution in [2.24, 2.45) is 0 Å². The molecule has 1 unspecified atom stereocenters. The molecule has 0 spiro atoms. The van der Waals surface area contributed by atoms with E-state index in [9.17, 15) is 24.6 Å². The smallest absolute Gasteiger partial charge is 0.310 e. The number of rotatable bonds is 11. The Kier molecular flexibility index (Phi) is 7.68. The minimum absolute atomic E-state index is 0.0521. The van der Waals surface area contributed by atoms with Crippen molar-refractivity contribution in [2.45, 2.75) is 18.8 Å². The first-order chi connectivity index (χ1) is 12.9. The second-order valence-electron chi connectivity index (χ2n) is 5.91. The summed E-state index contributed by atoms with van der Waals surface area (Å²) in [5.41, 5.74) is 0.683. The SMILES string of the molecule is COc1ccc2cc([C@H](CCC[S+]([O-])CCO[N+](=O)[O-])C(=O)O)ccc2c1. The van der Waals surface area contributed by atoms with Crippen LogP contribution in [0.2, 0.25) is 0 Å². The van der Waals surface area contributed by atoms with Gasteiger partial charge < -0.3 is 19.2 Å². The first-order valence-corrected chi connectivity index (χ1v) is 9.82. The topological polar surface area (TPSA) is 122 Å². The van der Waals surface area contributed by atoms with Crippen molar-refractivity contribution in [3.63, 3.8) is 0 Å². The van der Waals surface area contributed by atoms with Gasteiger partial charge in [0, 0.05) is 0 Å². The fraction of sp³-hybridized carbons (Fsp3) is 0.389. The number of aliphatic carboxylic acids is 1. The van der Waals surface area contributed by atoms with Crippen LogP contribution in [-0.4, -0.2) is 45.9 Å². The van der Waals surface area contributed by atoms with Crippen LogP contribution in [0.1, 0.15) is 24.3 Å². The third-order valence-electron chi connectivity index (χ3n) is 4.14. The van der Waals surface area contributed by atoms with Crippen LogP contribution in [0.3, 0.4) is 0 Å². The standard InChI is InChI=1S/C18H21NO7S/c1-25-16-7-6-13-11-15(5-4-14(13)12-16)17(18(20)21)3-2-9-27(24)10-8-26-19(22)23/h4-7,11-12,17H,2-3,8-10H2,1H3,(H,20,21)/t17-,27?/m0/s1. The monoisotopic (exact) mass is 395 g/mol. The predicted octanol–water partition coefficient (Wildman–Crippen LogP) is 2.75. The van der Waals surface area contributed by atoms with Crippen LogP contribution in [0.25, 0.3) is 10.8 Å². The van der Waals surface area contributed by atoms with Crippen molar-refractivity contribution in [3.8, 4) is 5.75 Å². The van der Waals surface area contributed by atoms with Crippen molar-refractivity contribution >= 4 is 27.9 Å². The van der Waals surface area contributed by atoms with Crippen LogP contribution < -0.4 is 4.74 Å². The Hall–Kier alpha value is -2.52. The minimum Gasteiger partial charge on any atom is -0.616 e. The van der Waals surface area contributed by atoms with E-state index in [2.05, 4.69) is 4.84 Å². The molecule has 0 aliphatic heterocycles. The van der Waals surface area contributed by atoms with Crippen LogP contribution in [0.5, 0.6) is 5.75 Å². The summed E-state index contributed by atoms with van der Waals surface area (Å²) in [7, 11) is 1.59. The number of benzene rings is 2. The summed E-state index contributed by atoms with van der Waals surface area (Å²) >= 11 is -1.28. The number of ether oxygens (including phenoxy) is 1. The van der Waals surface area contributed by atoms with Crippen molar-refractivity contribution in [2.75, 3.05) is 25.2 Å². The number of carboxylic acid groups (broad SMARTS) is 1. The van der Waals surface area contributed by atoms with Gasteiger partial charge in [0.05, 0.1) is 13.0 Å². The fourth-order valence-electron chi connectivity index (χ4n) is 2.77. The highest BCUT2D eigenvalue weighted by Gasteiger charge is 2.21. The van der Waals surface area contributed by atoms with Gasteiger partial charge in [0.25, 0.3) is 5.09 Å². The molecule has 1 N–H and O–H groups in total. The molecule has 8 nitrogen and oxygen atoms in total. The zero-order valence-corrected chi connectivity index (χ0v) is 15.6. The van der Waals surface area contributed by atoms with Crippen LogP contribution in [0.4, 0.5) is 0 Å². The van der Waals surface area contributed by atoms with Gasteiger partial charge in [-0.15, -0.1) is 10.1 Å². The first kappa shape index (κ1) is 20.8. The molecule has 0 heterocycles. The Balaban J connectivity index is 1.97. The summed E-state index contributed by atoms with van der Waals surface area (Å²) in [5.74, 6) is -0.589. The largest absolute Gasteiger partial charge is 0.616 e. The highest BCUT2D eigenvalue weighted by molar-refractivity contribution is 7.91. The number of hydrogen-bond acceptors (Lipinski definition) is 6. The van der Waals surface area contributed by atoms with E-state index in [0.29, 0.717) is 18.4 Å². The highest BCUT2D eigenvalue weighted by Crippen LogP contribution is 2.28. The molecule has 0 bridgehead atoms. The lowest BCUT2D eigenvalue weighted by Gasteiger charge is -2.15. The van der Waals surface area contributed by atoms with Gasteiger partial charge in [-0.2, -0.15) is 0 Å². The third-order valence-corrected chi connectivity index (χ3v) is 5.51. The summed E-state index contributed by atoms with van der Waals surface area (Å²) in [4.78, 5) is 25.9. The first-order valence-electron chi connectivity index (χ1n) is 8.33. The Bertz CT molecular complexity index is 798. The van der Waals surface area contributed by atoms with Gasteiger partial charge in [-0.3, -0.25) is 4.79 Å². The van der Waals surface area contributed by atoms with Gasteiger partial charge in [0.15, 0.2) is 0 Å². The van der Waals surface area contributed by atoms with E-state index in [0.717, 1.165) is 16.5 Å². The minimum atomic E-state index is -1.28. The molecule has 0 fully saturated rings. The van der Waals surface area contributed by atoms with Crippen LogP contribution >= 0.6 is 0 Å². The zero-order valence-electron chi connectivity index (χ0n) is 14.8. The van der Waals surface area contributed by atoms with Crippen molar-refractivity contribution in [1.29, 1.82) is 0 Å². The zero-order chi connectivity index (χ0) is 19.8. The third kappa shape index (κ3) is 6.30. The molecular weight excluding hydrogens is 374 g/mol. The van der Waals surface area contributed by atoms with Gasteiger partial charge in [0.1, 0.15) is 23.9 Å². The normalized spacial score (nSPS) is 13.1. The second kappa shape index (κ2) is 9.98. The maximum Gasteiger partial charge on any atom is 0.310 e. The number of nitrogens with zero attached hydrogens (tertiary/aromatic N) is 1. The molecule has 0 saturated carbocycles. The number of carbonyl (C=O) groups is 1. The quantitative estimate of drug-likeness (QED) is 0.353. The Morgan fingerprint density at radius 2 is 1.93 bits per heavy atom. The molecule has 0 amide bonds. The lowest BCUT2D eigenvalue weighted by atomic mass is 9.92. The lowest BCUT2D eigenvalue weighted by Crippen LogP contribution is -2.19. The maximum absolute atomic E-state index is 11.8. The molecule has 27 heavy (non-hydrogen) atoms. The summed E-state index contributed by atoms with van der Waals surface area (Å²) < 4.78 is 17.0. The number of fused-ring (bicyclic) bond motifs is 1. The number of hydrogen-bond donors (Lipinski definition) is 1. The molecule has 146 valence electrons. The summed E-state index contributed by atoms with van der Waals surface area (Å²) in [6.07, 6.45) is 0.765. The molecular formula is C18H21NO7S. The molecule has 2 aromatic rings. The number of carboxylic acids is 1. The predicted molar refractivity (Wildman–Crippen MR) is 101 cm³/mol. The summed E-state index contributed by atoms with van der Waals surface area (Å²) in [6, 6.07) is 11.1.